The molecule has 0 unspecified atom stereocenters. The van der Waals surface area contributed by atoms with E-state index in [4.69, 9.17) is 0 Å². The normalized spacial score (nSPS) is 12.7. The van der Waals surface area contributed by atoms with Gasteiger partial charge in [0.15, 0.2) is 0 Å². The zero-order valence-corrected chi connectivity index (χ0v) is 29.9. The van der Waals surface area contributed by atoms with Gasteiger partial charge < -0.3 is 14.7 Å². The van der Waals surface area contributed by atoms with Crippen LogP contribution < -0.4 is 14.7 Å². The van der Waals surface area contributed by atoms with Crippen LogP contribution in [0.15, 0.2) is 146 Å². The molecule has 0 saturated heterocycles. The molecule has 0 atom stereocenters. The molecule has 0 radical (unpaired) electrons. The summed E-state index contributed by atoms with van der Waals surface area (Å²) in [5.74, 6) is 18.5. The van der Waals surface area contributed by atoms with Crippen LogP contribution >= 0.6 is 0 Å². The van der Waals surface area contributed by atoms with Crippen molar-refractivity contribution in [2.24, 2.45) is 0 Å². The number of carbonyl (C=O) groups excluding carboxylic acids is 3. The van der Waals surface area contributed by atoms with Gasteiger partial charge in [-0.05, 0) is 146 Å². The Balaban J connectivity index is 1.17. The molecule has 0 N–H and O–H groups in total. The van der Waals surface area contributed by atoms with Crippen molar-refractivity contribution < 1.29 is 14.4 Å². The minimum absolute atomic E-state index is 0.146. The van der Waals surface area contributed by atoms with Crippen LogP contribution in [0.4, 0.5) is 17.1 Å². The van der Waals surface area contributed by atoms with Gasteiger partial charge in [0.1, 0.15) is 0 Å². The maximum absolute atomic E-state index is 13.3. The predicted octanol–water partition coefficient (Wildman–Crippen LogP) is 8.03. The molecule has 54 heavy (non-hydrogen) atoms. The standard InChI is InChI=1S/C48H33N3O3/c1-49-43-28-16-37(17-29-43)7-4-35-12-24-41(25-13-35)47(53)51(3)45-32-20-39(21-33-45)9-6-36-14-26-42(27-15-36)48(54)50(2)44-30-18-38(19-31-44)8-5-34-10-22-40(23-11-34)46(49)52/h10-33H,1-3H3. The summed E-state index contributed by atoms with van der Waals surface area (Å²) < 4.78 is 0. The van der Waals surface area contributed by atoms with E-state index in [0.717, 1.165) is 50.4 Å². The molecule has 0 aromatic heterocycles. The molecule has 10 heterocycles. The molecule has 6 aromatic carbocycles. The van der Waals surface area contributed by atoms with E-state index < -0.39 is 0 Å². The molecule has 6 heteroatoms. The monoisotopic (exact) mass is 699 g/mol. The highest BCUT2D eigenvalue weighted by Crippen LogP contribution is 2.20. The van der Waals surface area contributed by atoms with Gasteiger partial charge in [-0.15, -0.1) is 0 Å². The Bertz CT molecular complexity index is 2260. The molecule has 0 fully saturated rings. The molecule has 0 saturated carbocycles. The van der Waals surface area contributed by atoms with Crippen LogP contribution in [0.3, 0.4) is 0 Å². The first-order valence-corrected chi connectivity index (χ1v) is 17.2. The van der Waals surface area contributed by atoms with E-state index in [1.54, 1.807) is 72.2 Å². The molecular weight excluding hydrogens is 667 g/mol. The van der Waals surface area contributed by atoms with Gasteiger partial charge in [0.25, 0.3) is 17.7 Å². The van der Waals surface area contributed by atoms with Crippen LogP contribution in [0.5, 0.6) is 0 Å². The average molecular weight is 700 g/mol. The number of carbonyl (C=O) groups is 3. The number of hydrogen-bond acceptors (Lipinski definition) is 3. The Kier molecular flexibility index (Phi) is 9.90. The van der Waals surface area contributed by atoms with Crippen LogP contribution in [0.25, 0.3) is 0 Å². The van der Waals surface area contributed by atoms with E-state index in [0.29, 0.717) is 16.7 Å². The van der Waals surface area contributed by atoms with Crippen molar-refractivity contribution in [2.75, 3.05) is 35.8 Å². The van der Waals surface area contributed by atoms with Crippen LogP contribution in [0.1, 0.15) is 64.5 Å². The highest BCUT2D eigenvalue weighted by Gasteiger charge is 2.16. The van der Waals surface area contributed by atoms with Gasteiger partial charge in [-0.1, -0.05) is 35.5 Å². The van der Waals surface area contributed by atoms with Crippen LogP contribution in [-0.4, -0.2) is 38.9 Å². The van der Waals surface area contributed by atoms with E-state index in [9.17, 15) is 14.4 Å². The van der Waals surface area contributed by atoms with Crippen molar-refractivity contribution in [3.05, 3.63) is 196 Å². The Labute approximate surface area is 315 Å². The van der Waals surface area contributed by atoms with Crippen molar-refractivity contribution >= 4 is 34.8 Å². The molecule has 16 rings (SSSR count). The Morgan fingerprint density at radius 3 is 0.630 bits per heavy atom. The maximum Gasteiger partial charge on any atom is 0.258 e. The summed E-state index contributed by atoms with van der Waals surface area (Å²) in [6.45, 7) is 0. The molecular formula is C48H33N3O3. The quantitative estimate of drug-likeness (QED) is 0.151. The summed E-state index contributed by atoms with van der Waals surface area (Å²) in [7, 11) is 5.22. The van der Waals surface area contributed by atoms with Crippen LogP contribution in [0, 0.1) is 35.5 Å². The van der Waals surface area contributed by atoms with Crippen molar-refractivity contribution in [1.82, 2.24) is 0 Å². The van der Waals surface area contributed by atoms with E-state index in [1.807, 2.05) is 109 Å². The topological polar surface area (TPSA) is 60.9 Å². The summed E-state index contributed by atoms with van der Waals surface area (Å²) in [6, 6.07) is 44.0. The highest BCUT2D eigenvalue weighted by atomic mass is 16.2. The number of benzene rings is 6. The lowest BCUT2D eigenvalue weighted by Gasteiger charge is -2.17. The third-order valence-electron chi connectivity index (χ3n) is 9.13. The maximum atomic E-state index is 13.3. The lowest BCUT2D eigenvalue weighted by molar-refractivity contribution is 0.0985. The summed E-state index contributed by atoms with van der Waals surface area (Å²) in [6.07, 6.45) is 0. The fourth-order valence-corrected chi connectivity index (χ4v) is 5.76. The Hall–Kier alpha value is -7.59. The molecule has 12 bridgehead atoms. The fourth-order valence-electron chi connectivity index (χ4n) is 5.76. The lowest BCUT2D eigenvalue weighted by Crippen LogP contribution is -2.26. The number of rotatable bonds is 0. The van der Waals surface area contributed by atoms with Gasteiger partial charge in [0, 0.05) is 88.3 Å². The fraction of sp³-hybridized carbons (Fsp3) is 0.0625. The molecule has 0 spiro atoms. The van der Waals surface area contributed by atoms with Crippen molar-refractivity contribution in [2.45, 2.75) is 0 Å². The van der Waals surface area contributed by atoms with Gasteiger partial charge in [0.2, 0.25) is 0 Å². The molecule has 6 nitrogen and oxygen atoms in total. The number of amides is 3. The second-order valence-electron chi connectivity index (χ2n) is 12.7. The first kappa shape index (κ1) is 34.8. The Morgan fingerprint density at radius 1 is 0.278 bits per heavy atom. The SMILES string of the molecule is CN1C(=O)c2ccc(cc2)C#Cc2ccc(cc2)N(C)C(=O)c2ccc(cc2)C#Cc2ccc(cc2)N(C)C(=O)c2ccc(cc2)C#Cc2ccc1cc2. The molecule has 10 aliphatic heterocycles. The zero-order valence-electron chi connectivity index (χ0n) is 29.9. The Morgan fingerprint density at radius 2 is 0.444 bits per heavy atom. The van der Waals surface area contributed by atoms with E-state index in [2.05, 4.69) is 35.5 Å². The summed E-state index contributed by atoms with van der Waals surface area (Å²) in [4.78, 5) is 44.7. The molecule has 258 valence electrons. The van der Waals surface area contributed by atoms with Gasteiger partial charge in [-0.2, -0.15) is 0 Å². The highest BCUT2D eigenvalue weighted by molar-refractivity contribution is 6.07. The van der Waals surface area contributed by atoms with Crippen molar-refractivity contribution in [3.8, 4) is 35.5 Å². The second kappa shape index (κ2) is 15.3. The number of anilines is 3. The molecule has 3 amide bonds. The van der Waals surface area contributed by atoms with Gasteiger partial charge in [0.05, 0.1) is 0 Å². The molecule has 6 aromatic rings. The van der Waals surface area contributed by atoms with Gasteiger partial charge in [-0.3, -0.25) is 14.4 Å². The smallest absolute Gasteiger partial charge is 0.258 e. The lowest BCUT2D eigenvalue weighted by atomic mass is 10.1. The predicted molar refractivity (Wildman–Crippen MR) is 215 cm³/mol. The van der Waals surface area contributed by atoms with Crippen molar-refractivity contribution in [3.63, 3.8) is 0 Å². The first-order valence-electron chi connectivity index (χ1n) is 17.2. The molecule has 10 aliphatic rings. The van der Waals surface area contributed by atoms with Gasteiger partial charge in [-0.25, -0.2) is 0 Å². The summed E-state index contributed by atoms with van der Waals surface area (Å²) >= 11 is 0. The minimum Gasteiger partial charge on any atom is -0.311 e. The summed E-state index contributed by atoms with van der Waals surface area (Å²) in [5.41, 5.74) is 8.56. The number of nitrogens with zero attached hydrogens (tertiary/aromatic N) is 3. The van der Waals surface area contributed by atoms with Gasteiger partial charge >= 0.3 is 0 Å². The molecule has 0 aliphatic carbocycles. The van der Waals surface area contributed by atoms with Crippen LogP contribution in [-0.2, 0) is 0 Å². The van der Waals surface area contributed by atoms with E-state index >= 15 is 0 Å². The van der Waals surface area contributed by atoms with E-state index in [-0.39, 0.29) is 17.7 Å². The van der Waals surface area contributed by atoms with Crippen molar-refractivity contribution in [1.29, 1.82) is 0 Å². The second-order valence-corrected chi connectivity index (χ2v) is 12.7. The van der Waals surface area contributed by atoms with Crippen LogP contribution in [0.2, 0.25) is 0 Å². The zero-order chi connectivity index (χ0) is 37.6. The van der Waals surface area contributed by atoms with E-state index in [1.165, 1.54) is 0 Å². The number of hydrogen-bond donors (Lipinski definition) is 0. The minimum atomic E-state index is -0.146. The average Bonchev–Trinajstić information content (AvgIpc) is 3.23. The largest absolute Gasteiger partial charge is 0.311 e. The third kappa shape index (κ3) is 7.83. The summed E-state index contributed by atoms with van der Waals surface area (Å²) in [5, 5.41) is 0. The first-order chi connectivity index (χ1) is 26.2. The third-order valence-corrected chi connectivity index (χ3v) is 9.13.